The van der Waals surface area contributed by atoms with Crippen molar-refractivity contribution in [3.63, 3.8) is 0 Å². The molecule has 0 bridgehead atoms. The quantitative estimate of drug-likeness (QED) is 0.709. The topological polar surface area (TPSA) is 64.7 Å². The molecule has 0 aliphatic heterocycles. The molecule has 0 aromatic carbocycles. The van der Waals surface area contributed by atoms with Crippen molar-refractivity contribution >= 4 is 0 Å². The fourth-order valence-electron chi connectivity index (χ4n) is 2.38. The Morgan fingerprint density at radius 3 is 2.41 bits per heavy atom. The first-order valence-corrected chi connectivity index (χ1v) is 7.52. The van der Waals surface area contributed by atoms with Gasteiger partial charge in [-0.15, -0.1) is 0 Å². The zero-order valence-electron chi connectivity index (χ0n) is 12.7. The van der Waals surface area contributed by atoms with Gasteiger partial charge in [-0.1, -0.05) is 19.0 Å². The molecule has 3 aromatic rings. The second kappa shape index (κ2) is 6.47. The molecule has 3 rings (SSSR count). The Hall–Kier alpha value is -2.56. The van der Waals surface area contributed by atoms with Crippen molar-refractivity contribution in [2.45, 2.75) is 32.6 Å². The average molecular weight is 294 g/mol. The summed E-state index contributed by atoms with van der Waals surface area (Å²) >= 11 is 0. The summed E-state index contributed by atoms with van der Waals surface area (Å²) in [4.78, 5) is 13.0. The lowest BCUT2D eigenvalue weighted by Crippen LogP contribution is -1.95. The smallest absolute Gasteiger partial charge is 0.230 e. The zero-order chi connectivity index (χ0) is 15.4. The molecule has 3 heterocycles. The molecule has 22 heavy (non-hydrogen) atoms. The average Bonchev–Trinajstić information content (AvgIpc) is 3.07. The van der Waals surface area contributed by atoms with E-state index in [-0.39, 0.29) is 0 Å². The summed E-state index contributed by atoms with van der Waals surface area (Å²) in [6, 6.07) is 7.78. The SMILES string of the molecule is CCC(CC)c1nc(-c2ccc(-c3ccncc3)nc2)no1. The molecule has 0 N–H and O–H groups in total. The van der Waals surface area contributed by atoms with E-state index in [1.807, 2.05) is 24.3 Å². The van der Waals surface area contributed by atoms with E-state index < -0.39 is 0 Å². The molecule has 0 fully saturated rings. The van der Waals surface area contributed by atoms with Gasteiger partial charge in [-0.25, -0.2) is 0 Å². The van der Waals surface area contributed by atoms with E-state index in [0.717, 1.165) is 29.7 Å². The van der Waals surface area contributed by atoms with E-state index in [0.29, 0.717) is 17.6 Å². The van der Waals surface area contributed by atoms with Crippen molar-refractivity contribution in [2.24, 2.45) is 0 Å². The van der Waals surface area contributed by atoms with E-state index in [9.17, 15) is 0 Å². The Labute approximate surface area is 129 Å². The third kappa shape index (κ3) is 2.88. The first-order chi connectivity index (χ1) is 10.8. The molecule has 0 radical (unpaired) electrons. The van der Waals surface area contributed by atoms with Crippen LogP contribution in [0.5, 0.6) is 0 Å². The molecule has 0 saturated carbocycles. The highest BCUT2D eigenvalue weighted by molar-refractivity contribution is 5.62. The Kier molecular flexibility index (Phi) is 4.23. The third-order valence-electron chi connectivity index (χ3n) is 3.77. The van der Waals surface area contributed by atoms with Gasteiger partial charge < -0.3 is 4.52 Å². The Morgan fingerprint density at radius 2 is 1.77 bits per heavy atom. The first kappa shape index (κ1) is 14.4. The van der Waals surface area contributed by atoms with Gasteiger partial charge in [-0.2, -0.15) is 4.98 Å². The lowest BCUT2D eigenvalue weighted by Gasteiger charge is -2.04. The highest BCUT2D eigenvalue weighted by Crippen LogP contribution is 2.25. The second-order valence-corrected chi connectivity index (χ2v) is 5.14. The van der Waals surface area contributed by atoms with Gasteiger partial charge in [0.1, 0.15) is 0 Å². The highest BCUT2D eigenvalue weighted by atomic mass is 16.5. The maximum Gasteiger partial charge on any atom is 0.230 e. The van der Waals surface area contributed by atoms with E-state index in [2.05, 4.69) is 34.0 Å². The molecule has 5 nitrogen and oxygen atoms in total. The molecule has 3 aromatic heterocycles. The summed E-state index contributed by atoms with van der Waals surface area (Å²) in [5.41, 5.74) is 2.79. The van der Waals surface area contributed by atoms with Crippen LogP contribution < -0.4 is 0 Å². The molecule has 0 aliphatic rings. The fraction of sp³-hybridized carbons (Fsp3) is 0.294. The molecule has 0 atom stereocenters. The van der Waals surface area contributed by atoms with Gasteiger partial charge in [-0.05, 0) is 37.1 Å². The van der Waals surface area contributed by atoms with Crippen LogP contribution in [0.3, 0.4) is 0 Å². The Balaban J connectivity index is 1.84. The van der Waals surface area contributed by atoms with Gasteiger partial charge in [-0.3, -0.25) is 9.97 Å². The van der Waals surface area contributed by atoms with Crippen LogP contribution >= 0.6 is 0 Å². The number of hydrogen-bond donors (Lipinski definition) is 0. The first-order valence-electron chi connectivity index (χ1n) is 7.52. The Morgan fingerprint density at radius 1 is 1.00 bits per heavy atom. The van der Waals surface area contributed by atoms with E-state index in [1.165, 1.54) is 0 Å². The minimum atomic E-state index is 0.324. The molecule has 0 amide bonds. The van der Waals surface area contributed by atoms with Gasteiger partial charge in [0, 0.05) is 35.6 Å². The van der Waals surface area contributed by atoms with Crippen LogP contribution in [0.15, 0.2) is 47.4 Å². The van der Waals surface area contributed by atoms with Gasteiger partial charge in [0.05, 0.1) is 5.69 Å². The highest BCUT2D eigenvalue weighted by Gasteiger charge is 2.16. The van der Waals surface area contributed by atoms with Crippen LogP contribution in [0.4, 0.5) is 0 Å². The van der Waals surface area contributed by atoms with Gasteiger partial charge in [0.15, 0.2) is 0 Å². The van der Waals surface area contributed by atoms with Crippen LogP contribution in [-0.2, 0) is 0 Å². The number of aromatic nitrogens is 4. The molecule has 0 aliphatic carbocycles. The largest absolute Gasteiger partial charge is 0.339 e. The van der Waals surface area contributed by atoms with E-state index >= 15 is 0 Å². The number of rotatable bonds is 5. The molecular weight excluding hydrogens is 276 g/mol. The van der Waals surface area contributed by atoms with Crippen molar-refractivity contribution in [3.05, 3.63) is 48.7 Å². The number of nitrogens with zero attached hydrogens (tertiary/aromatic N) is 4. The summed E-state index contributed by atoms with van der Waals surface area (Å²) in [5.74, 6) is 1.62. The van der Waals surface area contributed by atoms with Crippen LogP contribution in [0.25, 0.3) is 22.6 Å². The molecule has 0 spiro atoms. The van der Waals surface area contributed by atoms with Crippen molar-refractivity contribution in [1.29, 1.82) is 0 Å². The predicted molar refractivity (Wildman–Crippen MR) is 84.1 cm³/mol. The van der Waals surface area contributed by atoms with Crippen molar-refractivity contribution in [1.82, 2.24) is 20.1 Å². The molecule has 0 unspecified atom stereocenters. The van der Waals surface area contributed by atoms with Gasteiger partial charge >= 0.3 is 0 Å². The van der Waals surface area contributed by atoms with Crippen LogP contribution in [0, 0.1) is 0 Å². The summed E-state index contributed by atoms with van der Waals surface area (Å²) in [7, 11) is 0. The lowest BCUT2D eigenvalue weighted by molar-refractivity contribution is 0.346. The third-order valence-corrected chi connectivity index (χ3v) is 3.77. The van der Waals surface area contributed by atoms with Crippen LogP contribution in [0.2, 0.25) is 0 Å². The lowest BCUT2D eigenvalue weighted by atomic mass is 10.0. The molecule has 112 valence electrons. The summed E-state index contributed by atoms with van der Waals surface area (Å²) in [6.07, 6.45) is 7.28. The monoisotopic (exact) mass is 294 g/mol. The molecule has 5 heteroatoms. The molecular formula is C17H18N4O. The minimum Gasteiger partial charge on any atom is -0.339 e. The Bertz CT molecular complexity index is 718. The standard InChI is InChI=1S/C17H18N4O/c1-3-12(4-2)17-20-16(21-22-17)14-5-6-15(19-11-14)13-7-9-18-10-8-13/h5-12H,3-4H2,1-2H3. The summed E-state index contributed by atoms with van der Waals surface area (Å²) < 4.78 is 5.38. The normalized spacial score (nSPS) is 11.0. The van der Waals surface area contributed by atoms with Crippen molar-refractivity contribution in [2.75, 3.05) is 0 Å². The van der Waals surface area contributed by atoms with Crippen molar-refractivity contribution < 1.29 is 4.52 Å². The maximum absolute atomic E-state index is 5.38. The fourth-order valence-corrected chi connectivity index (χ4v) is 2.38. The van der Waals surface area contributed by atoms with Crippen molar-refractivity contribution in [3.8, 4) is 22.6 Å². The van der Waals surface area contributed by atoms with E-state index in [1.54, 1.807) is 18.6 Å². The zero-order valence-corrected chi connectivity index (χ0v) is 12.7. The number of hydrogen-bond acceptors (Lipinski definition) is 5. The van der Waals surface area contributed by atoms with E-state index in [4.69, 9.17) is 4.52 Å². The predicted octanol–water partition coefficient (Wildman–Crippen LogP) is 4.10. The summed E-state index contributed by atoms with van der Waals surface area (Å²) in [5, 5.41) is 4.07. The van der Waals surface area contributed by atoms with Gasteiger partial charge in [0.25, 0.3) is 0 Å². The minimum absolute atomic E-state index is 0.324. The maximum atomic E-state index is 5.38. The van der Waals surface area contributed by atoms with Crippen LogP contribution in [0.1, 0.15) is 38.5 Å². The summed E-state index contributed by atoms with van der Waals surface area (Å²) in [6.45, 7) is 4.26. The second-order valence-electron chi connectivity index (χ2n) is 5.14. The van der Waals surface area contributed by atoms with Crippen LogP contribution in [-0.4, -0.2) is 20.1 Å². The number of pyridine rings is 2. The molecule has 0 saturated heterocycles. The van der Waals surface area contributed by atoms with Gasteiger partial charge in [0.2, 0.25) is 11.7 Å².